The zero-order valence-electron chi connectivity index (χ0n) is 19.6. The number of hydrogen-bond donors (Lipinski definition) is 2. The van der Waals surface area contributed by atoms with Gasteiger partial charge in [-0.25, -0.2) is 19.9 Å². The molecule has 0 spiro atoms. The molecule has 0 unspecified atom stereocenters. The smallest absolute Gasteiger partial charge is 0.492 e. The van der Waals surface area contributed by atoms with E-state index in [1.165, 1.54) is 18.7 Å². The molecule has 0 aliphatic carbocycles. The lowest BCUT2D eigenvalue weighted by molar-refractivity contribution is 0.340. The Morgan fingerprint density at radius 2 is 1.19 bits per heavy atom. The zero-order chi connectivity index (χ0) is 26.3. The highest BCUT2D eigenvalue weighted by Crippen LogP contribution is 2.28. The fourth-order valence-corrected chi connectivity index (χ4v) is 3.23. The Hall–Kier alpha value is -2.95. The van der Waals surface area contributed by atoms with Crippen molar-refractivity contribution in [2.45, 2.75) is 13.8 Å². The summed E-state index contributed by atoms with van der Waals surface area (Å²) >= 11 is 16.7. The number of aromatic nitrogens is 4. The van der Waals surface area contributed by atoms with E-state index in [-0.39, 0.29) is 0 Å². The standard InChI is InChI=1S/C12H11ClN2O.C8H11BO3.C4H2Cl2N2/c1-2-16-11-6-4-3-5-9(11)10-7-12(13)15-8-14-10;1-2-12-8-6-4-3-5-7(8)9(10)11;5-3-1-4(6)8-2-7-3/h3-8H,2H2,1H3;3-6,10-11H,2H2,1H3;1-2H. The lowest BCUT2D eigenvalue weighted by Crippen LogP contribution is -2.31. The van der Waals surface area contributed by atoms with E-state index < -0.39 is 7.12 Å². The molecule has 2 aromatic heterocycles. The van der Waals surface area contributed by atoms with Gasteiger partial charge in [-0.05, 0) is 32.0 Å². The van der Waals surface area contributed by atoms with Crippen molar-refractivity contribution < 1.29 is 19.5 Å². The maximum absolute atomic E-state index is 8.91. The number of ether oxygens (including phenoxy) is 2. The van der Waals surface area contributed by atoms with E-state index in [2.05, 4.69) is 19.9 Å². The highest BCUT2D eigenvalue weighted by Gasteiger charge is 2.15. The molecule has 2 N–H and O–H groups in total. The Balaban J connectivity index is 0.000000202. The first-order valence-corrected chi connectivity index (χ1v) is 11.9. The van der Waals surface area contributed by atoms with Crippen molar-refractivity contribution in [2.75, 3.05) is 13.2 Å². The second-order valence-electron chi connectivity index (χ2n) is 6.66. The predicted octanol–water partition coefficient (Wildman–Crippen LogP) is 4.74. The van der Waals surface area contributed by atoms with Crippen molar-refractivity contribution in [1.29, 1.82) is 0 Å². The summed E-state index contributed by atoms with van der Waals surface area (Å²) in [7, 11) is -1.47. The van der Waals surface area contributed by atoms with Crippen LogP contribution < -0.4 is 14.9 Å². The molecule has 2 aromatic carbocycles. The zero-order valence-corrected chi connectivity index (χ0v) is 21.8. The fraction of sp³-hybridized carbons (Fsp3) is 0.167. The van der Waals surface area contributed by atoms with Crippen molar-refractivity contribution >= 4 is 47.4 Å². The Morgan fingerprint density at radius 1 is 0.694 bits per heavy atom. The van der Waals surface area contributed by atoms with Gasteiger partial charge in [-0.2, -0.15) is 0 Å². The molecule has 0 fully saturated rings. The molecule has 0 saturated carbocycles. The number of halogens is 3. The molecular weight excluding hydrogens is 525 g/mol. The van der Waals surface area contributed by atoms with Gasteiger partial charge in [-0.1, -0.05) is 65.1 Å². The van der Waals surface area contributed by atoms with Crippen LogP contribution in [-0.2, 0) is 0 Å². The fourth-order valence-electron chi connectivity index (χ4n) is 2.73. The van der Waals surface area contributed by atoms with Crippen LogP contribution in [0, 0.1) is 0 Å². The molecule has 12 heteroatoms. The average molecular weight is 550 g/mol. The van der Waals surface area contributed by atoms with Crippen LogP contribution in [0.4, 0.5) is 0 Å². The molecule has 8 nitrogen and oxygen atoms in total. The second-order valence-corrected chi connectivity index (χ2v) is 7.82. The Kier molecular flexibility index (Phi) is 13.0. The van der Waals surface area contributed by atoms with Crippen LogP contribution in [-0.4, -0.2) is 50.3 Å². The van der Waals surface area contributed by atoms with E-state index in [0.29, 0.717) is 39.9 Å². The van der Waals surface area contributed by atoms with Crippen molar-refractivity contribution in [1.82, 2.24) is 19.9 Å². The van der Waals surface area contributed by atoms with Crippen LogP contribution in [0.25, 0.3) is 11.3 Å². The van der Waals surface area contributed by atoms with Crippen LogP contribution in [0.3, 0.4) is 0 Å². The summed E-state index contributed by atoms with van der Waals surface area (Å²) in [4.78, 5) is 15.3. The van der Waals surface area contributed by atoms with Gasteiger partial charge >= 0.3 is 7.12 Å². The van der Waals surface area contributed by atoms with Gasteiger partial charge in [0.25, 0.3) is 0 Å². The molecule has 0 radical (unpaired) electrons. The van der Waals surface area contributed by atoms with Crippen LogP contribution in [0.1, 0.15) is 13.8 Å². The molecule has 0 bridgehead atoms. The van der Waals surface area contributed by atoms with Crippen molar-refractivity contribution in [3.8, 4) is 22.8 Å². The number of rotatable bonds is 6. The van der Waals surface area contributed by atoms with Gasteiger partial charge in [-0.3, -0.25) is 0 Å². The highest BCUT2D eigenvalue weighted by atomic mass is 35.5. The first-order valence-electron chi connectivity index (χ1n) is 10.8. The van der Waals surface area contributed by atoms with Gasteiger partial charge in [0.15, 0.2) is 0 Å². The van der Waals surface area contributed by atoms with Crippen molar-refractivity contribution in [3.05, 3.63) is 88.8 Å². The third kappa shape index (κ3) is 9.97. The summed E-state index contributed by atoms with van der Waals surface area (Å²) in [6.07, 6.45) is 2.76. The van der Waals surface area contributed by atoms with Crippen LogP contribution in [0.5, 0.6) is 11.5 Å². The topological polar surface area (TPSA) is 110 Å². The summed E-state index contributed by atoms with van der Waals surface area (Å²) in [5.41, 5.74) is 2.09. The van der Waals surface area contributed by atoms with Gasteiger partial charge in [0.05, 0.1) is 18.9 Å². The molecule has 0 amide bonds. The van der Waals surface area contributed by atoms with E-state index in [9.17, 15) is 0 Å². The second kappa shape index (κ2) is 15.9. The number of nitrogens with zero attached hydrogens (tertiary/aromatic N) is 4. The van der Waals surface area contributed by atoms with Crippen LogP contribution >= 0.6 is 34.8 Å². The quantitative estimate of drug-likeness (QED) is 0.262. The van der Waals surface area contributed by atoms with Gasteiger partial charge in [-0.15, -0.1) is 0 Å². The Bertz CT molecular complexity index is 1200. The molecule has 0 aliphatic heterocycles. The van der Waals surface area contributed by atoms with Crippen molar-refractivity contribution in [3.63, 3.8) is 0 Å². The summed E-state index contributed by atoms with van der Waals surface area (Å²) in [6, 6.07) is 17.8. The van der Waals surface area contributed by atoms with Gasteiger partial charge < -0.3 is 19.5 Å². The minimum absolute atomic E-state index is 0.366. The Morgan fingerprint density at radius 3 is 1.72 bits per heavy atom. The lowest BCUT2D eigenvalue weighted by atomic mass is 9.80. The molecule has 0 atom stereocenters. The highest BCUT2D eigenvalue weighted by molar-refractivity contribution is 6.59. The van der Waals surface area contributed by atoms with E-state index in [4.69, 9.17) is 54.3 Å². The summed E-state index contributed by atoms with van der Waals surface area (Å²) in [6.45, 7) is 4.93. The molecular formula is C24H24BCl3N4O4. The molecule has 4 rings (SSSR count). The van der Waals surface area contributed by atoms with Gasteiger partial charge in [0.2, 0.25) is 0 Å². The van der Waals surface area contributed by atoms with Crippen molar-refractivity contribution in [2.24, 2.45) is 0 Å². The molecule has 4 aromatic rings. The number of hydrogen-bond acceptors (Lipinski definition) is 8. The SMILES string of the molecule is CCOc1ccccc1-c1cc(Cl)ncn1.CCOc1ccccc1B(O)O.Clc1cc(Cl)ncn1. The third-order valence-corrected chi connectivity index (χ3v) is 4.81. The summed E-state index contributed by atoms with van der Waals surface area (Å²) in [5.74, 6) is 1.33. The average Bonchev–Trinajstić information content (AvgIpc) is 2.86. The lowest BCUT2D eigenvalue weighted by Gasteiger charge is -2.08. The minimum atomic E-state index is -1.47. The normalized spacial score (nSPS) is 9.75. The minimum Gasteiger partial charge on any atom is -0.494 e. The molecule has 0 saturated heterocycles. The number of para-hydroxylation sites is 2. The summed E-state index contributed by atoms with van der Waals surface area (Å²) < 4.78 is 10.7. The van der Waals surface area contributed by atoms with Gasteiger partial charge in [0.1, 0.15) is 39.6 Å². The maximum atomic E-state index is 8.91. The molecule has 2 heterocycles. The van der Waals surface area contributed by atoms with Crippen LogP contribution in [0.2, 0.25) is 15.5 Å². The number of benzene rings is 2. The summed E-state index contributed by atoms with van der Waals surface area (Å²) in [5, 5.41) is 19.0. The third-order valence-electron chi connectivity index (χ3n) is 4.19. The van der Waals surface area contributed by atoms with E-state index in [1.54, 1.807) is 30.3 Å². The van der Waals surface area contributed by atoms with E-state index in [0.717, 1.165) is 17.0 Å². The monoisotopic (exact) mass is 548 g/mol. The predicted molar refractivity (Wildman–Crippen MR) is 143 cm³/mol. The van der Waals surface area contributed by atoms with Gasteiger partial charge in [0, 0.05) is 23.2 Å². The van der Waals surface area contributed by atoms with E-state index >= 15 is 0 Å². The molecule has 36 heavy (non-hydrogen) atoms. The first-order chi connectivity index (χ1) is 17.3. The molecule has 188 valence electrons. The van der Waals surface area contributed by atoms with Crippen LogP contribution in [0.15, 0.2) is 73.3 Å². The van der Waals surface area contributed by atoms with E-state index in [1.807, 2.05) is 38.1 Å². The maximum Gasteiger partial charge on any atom is 0.492 e. The molecule has 0 aliphatic rings. The first kappa shape index (κ1) is 29.3. The largest absolute Gasteiger partial charge is 0.494 e. The Labute approximate surface area is 225 Å².